The molecule has 0 amide bonds. The van der Waals surface area contributed by atoms with Crippen LogP contribution >= 0.6 is 0 Å². The Bertz CT molecular complexity index is 305. The Labute approximate surface area is 112 Å². The first-order valence-electron chi connectivity index (χ1n) is 7.36. The number of unbranched alkanes of at least 4 members (excludes halogenated alkanes) is 5. The lowest BCUT2D eigenvalue weighted by molar-refractivity contribution is -0.111. The third-order valence-electron chi connectivity index (χ3n) is 3.46. The van der Waals surface area contributed by atoms with Gasteiger partial charge in [-0.05, 0) is 18.4 Å². The molecule has 18 heavy (non-hydrogen) atoms. The molecule has 1 heteroatoms. The lowest BCUT2D eigenvalue weighted by atomic mass is 9.95. The molecule has 0 spiro atoms. The third-order valence-corrected chi connectivity index (χ3v) is 3.46. The fourth-order valence-electron chi connectivity index (χ4n) is 2.32. The first-order valence-corrected chi connectivity index (χ1v) is 7.36. The summed E-state index contributed by atoms with van der Waals surface area (Å²) in [6, 6.07) is 10.3. The molecule has 0 aliphatic carbocycles. The maximum atomic E-state index is 11.1. The number of carbonyl (C=O) groups is 1. The van der Waals surface area contributed by atoms with Crippen molar-refractivity contribution < 1.29 is 4.79 Å². The van der Waals surface area contributed by atoms with Gasteiger partial charge in [-0.2, -0.15) is 0 Å². The summed E-state index contributed by atoms with van der Waals surface area (Å²) in [6.45, 7) is 2.24. The van der Waals surface area contributed by atoms with Crippen molar-refractivity contribution in [1.82, 2.24) is 0 Å². The lowest BCUT2D eigenvalue weighted by Gasteiger charge is -2.10. The number of hydrogen-bond donors (Lipinski definition) is 0. The van der Waals surface area contributed by atoms with E-state index >= 15 is 0 Å². The average molecular weight is 246 g/mol. The van der Waals surface area contributed by atoms with Crippen LogP contribution in [0.5, 0.6) is 0 Å². The minimum absolute atomic E-state index is 0.207. The Balaban J connectivity index is 2.16. The van der Waals surface area contributed by atoms with Gasteiger partial charge in [0.15, 0.2) is 0 Å². The van der Waals surface area contributed by atoms with Crippen LogP contribution in [0, 0.1) is 5.92 Å². The molecule has 0 aliphatic heterocycles. The fraction of sp³-hybridized carbons (Fsp3) is 0.588. The molecule has 1 rings (SSSR count). The fourth-order valence-corrected chi connectivity index (χ4v) is 2.32. The smallest absolute Gasteiger partial charge is 0.123 e. The van der Waals surface area contributed by atoms with Gasteiger partial charge >= 0.3 is 0 Å². The van der Waals surface area contributed by atoms with Crippen LogP contribution in [0.1, 0.15) is 57.4 Å². The highest BCUT2D eigenvalue weighted by molar-refractivity contribution is 5.54. The molecule has 0 N–H and O–H groups in total. The summed E-state index contributed by atoms with van der Waals surface area (Å²) in [5.41, 5.74) is 1.28. The molecule has 0 aliphatic rings. The van der Waals surface area contributed by atoms with Gasteiger partial charge in [-0.15, -0.1) is 0 Å². The molecule has 0 bridgehead atoms. The molecule has 1 aromatic carbocycles. The number of hydrogen-bond acceptors (Lipinski definition) is 1. The van der Waals surface area contributed by atoms with Crippen molar-refractivity contribution in [3.05, 3.63) is 35.9 Å². The summed E-state index contributed by atoms with van der Waals surface area (Å²) in [5.74, 6) is 0.207. The molecule has 0 saturated carbocycles. The van der Waals surface area contributed by atoms with Crippen LogP contribution in [0.25, 0.3) is 0 Å². The summed E-state index contributed by atoms with van der Waals surface area (Å²) in [5, 5.41) is 0. The summed E-state index contributed by atoms with van der Waals surface area (Å²) in [6.07, 6.45) is 10.9. The quantitative estimate of drug-likeness (QED) is 0.428. The molecule has 0 aromatic heterocycles. The van der Waals surface area contributed by atoms with Crippen molar-refractivity contribution in [2.75, 3.05) is 0 Å². The van der Waals surface area contributed by atoms with Crippen molar-refractivity contribution in [3.63, 3.8) is 0 Å². The SMILES string of the molecule is CCCCCCCCC(C=O)Cc1ccccc1. The van der Waals surface area contributed by atoms with Crippen LogP contribution in [0.2, 0.25) is 0 Å². The maximum absolute atomic E-state index is 11.1. The minimum Gasteiger partial charge on any atom is -0.303 e. The second-order valence-electron chi connectivity index (χ2n) is 5.14. The van der Waals surface area contributed by atoms with E-state index < -0.39 is 0 Å². The Morgan fingerprint density at radius 3 is 2.33 bits per heavy atom. The Morgan fingerprint density at radius 1 is 1.00 bits per heavy atom. The molecule has 1 aromatic rings. The van der Waals surface area contributed by atoms with Crippen molar-refractivity contribution >= 4 is 6.29 Å². The normalized spacial score (nSPS) is 12.3. The third kappa shape index (κ3) is 6.58. The molecule has 0 heterocycles. The average Bonchev–Trinajstić information content (AvgIpc) is 2.42. The summed E-state index contributed by atoms with van der Waals surface area (Å²) >= 11 is 0. The molecule has 0 radical (unpaired) electrons. The van der Waals surface area contributed by atoms with Gasteiger partial charge in [0, 0.05) is 5.92 Å². The highest BCUT2D eigenvalue weighted by atomic mass is 16.1. The first kappa shape index (κ1) is 14.9. The van der Waals surface area contributed by atoms with E-state index in [1.165, 1.54) is 44.1 Å². The standard InChI is InChI=1S/C17H26O/c1-2-3-4-5-6-8-13-17(15-18)14-16-11-9-7-10-12-16/h7,9-12,15,17H,2-6,8,13-14H2,1H3. The summed E-state index contributed by atoms with van der Waals surface area (Å²) in [4.78, 5) is 11.1. The highest BCUT2D eigenvalue weighted by Gasteiger charge is 2.07. The van der Waals surface area contributed by atoms with E-state index in [1.807, 2.05) is 18.2 Å². The Morgan fingerprint density at radius 2 is 1.67 bits per heavy atom. The van der Waals surface area contributed by atoms with Crippen LogP contribution in [-0.2, 0) is 11.2 Å². The molecule has 1 atom stereocenters. The molecule has 1 nitrogen and oxygen atoms in total. The minimum atomic E-state index is 0.207. The zero-order valence-corrected chi connectivity index (χ0v) is 11.6. The lowest BCUT2D eigenvalue weighted by Crippen LogP contribution is -2.06. The first-order chi connectivity index (χ1) is 8.86. The Kier molecular flexibility index (Phi) is 8.20. The molecule has 0 saturated heterocycles. The second kappa shape index (κ2) is 9.87. The second-order valence-corrected chi connectivity index (χ2v) is 5.14. The summed E-state index contributed by atoms with van der Waals surface area (Å²) < 4.78 is 0. The van der Waals surface area contributed by atoms with Crippen LogP contribution in [0.15, 0.2) is 30.3 Å². The zero-order chi connectivity index (χ0) is 13.1. The largest absolute Gasteiger partial charge is 0.303 e. The van der Waals surface area contributed by atoms with E-state index in [0.717, 1.165) is 19.1 Å². The van der Waals surface area contributed by atoms with Crippen LogP contribution in [-0.4, -0.2) is 6.29 Å². The Hall–Kier alpha value is -1.11. The van der Waals surface area contributed by atoms with Gasteiger partial charge in [-0.25, -0.2) is 0 Å². The van der Waals surface area contributed by atoms with Crippen molar-refractivity contribution in [2.24, 2.45) is 5.92 Å². The van der Waals surface area contributed by atoms with Crippen molar-refractivity contribution in [3.8, 4) is 0 Å². The molecule has 100 valence electrons. The molecule has 0 fully saturated rings. The van der Waals surface area contributed by atoms with Gasteiger partial charge in [0.1, 0.15) is 6.29 Å². The van der Waals surface area contributed by atoms with Crippen LogP contribution in [0.4, 0.5) is 0 Å². The highest BCUT2D eigenvalue weighted by Crippen LogP contribution is 2.15. The van der Waals surface area contributed by atoms with Crippen LogP contribution in [0.3, 0.4) is 0 Å². The van der Waals surface area contributed by atoms with E-state index in [4.69, 9.17) is 0 Å². The zero-order valence-electron chi connectivity index (χ0n) is 11.6. The predicted molar refractivity (Wildman–Crippen MR) is 77.7 cm³/mol. The number of rotatable bonds is 10. The molecular formula is C17H26O. The van der Waals surface area contributed by atoms with E-state index in [2.05, 4.69) is 19.1 Å². The predicted octanol–water partition coefficient (Wildman–Crippen LogP) is 4.79. The number of benzene rings is 1. The summed E-state index contributed by atoms with van der Waals surface area (Å²) in [7, 11) is 0. The van der Waals surface area contributed by atoms with Gasteiger partial charge in [0.05, 0.1) is 0 Å². The van der Waals surface area contributed by atoms with E-state index in [0.29, 0.717) is 0 Å². The van der Waals surface area contributed by atoms with E-state index in [9.17, 15) is 4.79 Å². The monoisotopic (exact) mass is 246 g/mol. The van der Waals surface area contributed by atoms with E-state index in [-0.39, 0.29) is 5.92 Å². The maximum Gasteiger partial charge on any atom is 0.123 e. The van der Waals surface area contributed by atoms with Gasteiger partial charge in [0.2, 0.25) is 0 Å². The van der Waals surface area contributed by atoms with Crippen molar-refractivity contribution in [1.29, 1.82) is 0 Å². The topological polar surface area (TPSA) is 17.1 Å². The number of carbonyl (C=O) groups excluding carboxylic acids is 1. The van der Waals surface area contributed by atoms with Gasteiger partial charge in [-0.1, -0.05) is 75.8 Å². The van der Waals surface area contributed by atoms with Crippen LogP contribution < -0.4 is 0 Å². The molecule has 1 unspecified atom stereocenters. The number of aldehydes is 1. The molecular weight excluding hydrogens is 220 g/mol. The van der Waals surface area contributed by atoms with E-state index in [1.54, 1.807) is 0 Å². The van der Waals surface area contributed by atoms with Gasteiger partial charge in [0.25, 0.3) is 0 Å². The van der Waals surface area contributed by atoms with Gasteiger partial charge < -0.3 is 4.79 Å². The van der Waals surface area contributed by atoms with Crippen molar-refractivity contribution in [2.45, 2.75) is 58.3 Å². The van der Waals surface area contributed by atoms with Gasteiger partial charge in [-0.3, -0.25) is 0 Å².